The molecule has 0 aliphatic carbocycles. The standard InChI is InChI=1S/C15H15NO4S/c1-20-11-8-13(21-9-11)14(17)16-12(15(18)19)7-10-5-3-2-4-6-10/h2-6,8-9,12H,7H2,1H3,(H,16,17)(H,18,19)/t12-/m1/s1. The minimum absolute atomic E-state index is 0.240. The van der Waals surface area contributed by atoms with E-state index in [-0.39, 0.29) is 6.42 Å². The van der Waals surface area contributed by atoms with Crippen molar-refractivity contribution in [2.24, 2.45) is 0 Å². The van der Waals surface area contributed by atoms with Crippen molar-refractivity contribution in [1.29, 1.82) is 0 Å². The molecule has 0 saturated heterocycles. The van der Waals surface area contributed by atoms with Crippen molar-refractivity contribution in [1.82, 2.24) is 5.32 Å². The largest absolute Gasteiger partial charge is 0.496 e. The molecule has 0 unspecified atom stereocenters. The minimum atomic E-state index is -1.06. The lowest BCUT2D eigenvalue weighted by atomic mass is 10.1. The van der Waals surface area contributed by atoms with Crippen molar-refractivity contribution in [3.8, 4) is 5.75 Å². The highest BCUT2D eigenvalue weighted by atomic mass is 32.1. The minimum Gasteiger partial charge on any atom is -0.496 e. The number of nitrogens with one attached hydrogen (secondary N) is 1. The van der Waals surface area contributed by atoms with E-state index in [9.17, 15) is 14.7 Å². The molecule has 0 bridgehead atoms. The van der Waals surface area contributed by atoms with Gasteiger partial charge in [-0.15, -0.1) is 11.3 Å². The van der Waals surface area contributed by atoms with Crippen LogP contribution in [0.5, 0.6) is 5.75 Å². The van der Waals surface area contributed by atoms with Crippen LogP contribution in [0.25, 0.3) is 0 Å². The van der Waals surface area contributed by atoms with Crippen LogP contribution in [0.1, 0.15) is 15.2 Å². The number of carbonyl (C=O) groups is 2. The lowest BCUT2D eigenvalue weighted by molar-refractivity contribution is -0.139. The van der Waals surface area contributed by atoms with Gasteiger partial charge >= 0.3 is 5.97 Å². The fourth-order valence-electron chi connectivity index (χ4n) is 1.82. The number of benzene rings is 1. The summed E-state index contributed by atoms with van der Waals surface area (Å²) in [6, 6.07) is 9.80. The summed E-state index contributed by atoms with van der Waals surface area (Å²) in [5.74, 6) is -0.887. The number of carboxylic acids is 1. The van der Waals surface area contributed by atoms with Gasteiger partial charge in [0.25, 0.3) is 5.91 Å². The molecule has 0 saturated carbocycles. The third-order valence-corrected chi connectivity index (χ3v) is 3.83. The monoisotopic (exact) mass is 305 g/mol. The van der Waals surface area contributed by atoms with Crippen LogP contribution < -0.4 is 10.1 Å². The van der Waals surface area contributed by atoms with Gasteiger partial charge in [-0.2, -0.15) is 0 Å². The molecule has 2 rings (SSSR count). The predicted octanol–water partition coefficient (Wildman–Crippen LogP) is 2.18. The zero-order chi connectivity index (χ0) is 15.2. The Morgan fingerprint density at radius 2 is 2.05 bits per heavy atom. The normalized spacial score (nSPS) is 11.7. The van der Waals surface area contributed by atoms with Gasteiger partial charge in [-0.25, -0.2) is 4.79 Å². The highest BCUT2D eigenvalue weighted by Gasteiger charge is 2.22. The number of ether oxygens (including phenoxy) is 1. The van der Waals surface area contributed by atoms with Gasteiger partial charge in [0.05, 0.1) is 12.0 Å². The lowest BCUT2D eigenvalue weighted by Gasteiger charge is -2.14. The van der Waals surface area contributed by atoms with E-state index in [4.69, 9.17) is 4.74 Å². The molecule has 2 aromatic rings. The molecule has 1 aromatic carbocycles. The Labute approximate surface area is 126 Å². The Balaban J connectivity index is 2.05. The van der Waals surface area contributed by atoms with Crippen molar-refractivity contribution < 1.29 is 19.4 Å². The molecule has 0 aliphatic heterocycles. The van der Waals surface area contributed by atoms with Gasteiger partial charge in [0.15, 0.2) is 0 Å². The van der Waals surface area contributed by atoms with E-state index in [0.29, 0.717) is 10.6 Å². The average Bonchev–Trinajstić information content (AvgIpc) is 2.96. The summed E-state index contributed by atoms with van der Waals surface area (Å²) < 4.78 is 5.01. The fourth-order valence-corrected chi connectivity index (χ4v) is 2.58. The van der Waals surface area contributed by atoms with Crippen molar-refractivity contribution in [2.45, 2.75) is 12.5 Å². The quantitative estimate of drug-likeness (QED) is 0.857. The Morgan fingerprint density at radius 3 is 2.62 bits per heavy atom. The van der Waals surface area contributed by atoms with Gasteiger partial charge < -0.3 is 15.2 Å². The first-order valence-corrected chi connectivity index (χ1v) is 7.18. The second kappa shape index (κ2) is 6.90. The molecule has 21 heavy (non-hydrogen) atoms. The molecule has 0 fully saturated rings. The van der Waals surface area contributed by atoms with Gasteiger partial charge in [-0.1, -0.05) is 30.3 Å². The number of hydrogen-bond acceptors (Lipinski definition) is 4. The number of carboxylic acid groups (broad SMARTS) is 1. The van der Waals surface area contributed by atoms with Crippen LogP contribution >= 0.6 is 11.3 Å². The molecular weight excluding hydrogens is 290 g/mol. The lowest BCUT2D eigenvalue weighted by Crippen LogP contribution is -2.42. The van der Waals surface area contributed by atoms with E-state index in [1.54, 1.807) is 11.4 Å². The second-order valence-corrected chi connectivity index (χ2v) is 5.32. The van der Waals surface area contributed by atoms with Gasteiger partial charge in [0, 0.05) is 17.9 Å². The zero-order valence-electron chi connectivity index (χ0n) is 11.4. The topological polar surface area (TPSA) is 75.6 Å². The predicted molar refractivity (Wildman–Crippen MR) is 79.9 cm³/mol. The molecule has 0 spiro atoms. The molecule has 0 radical (unpaired) electrons. The summed E-state index contributed by atoms with van der Waals surface area (Å²) in [7, 11) is 1.51. The molecule has 6 heteroatoms. The molecule has 1 amide bonds. The number of rotatable bonds is 6. The Kier molecular flexibility index (Phi) is 4.94. The summed E-state index contributed by atoms with van der Waals surface area (Å²) in [4.78, 5) is 23.8. The van der Waals surface area contributed by atoms with E-state index in [2.05, 4.69) is 5.32 Å². The maximum absolute atomic E-state index is 12.1. The first-order valence-electron chi connectivity index (χ1n) is 6.30. The first kappa shape index (κ1) is 15.1. The fraction of sp³-hybridized carbons (Fsp3) is 0.200. The third-order valence-electron chi connectivity index (χ3n) is 2.92. The van der Waals surface area contributed by atoms with Crippen LogP contribution in [-0.2, 0) is 11.2 Å². The smallest absolute Gasteiger partial charge is 0.326 e. The van der Waals surface area contributed by atoms with E-state index >= 15 is 0 Å². The number of thiophene rings is 1. The molecule has 0 aliphatic rings. The van der Waals surface area contributed by atoms with E-state index in [1.165, 1.54) is 18.4 Å². The van der Waals surface area contributed by atoms with Gasteiger partial charge in [-0.3, -0.25) is 4.79 Å². The first-order chi connectivity index (χ1) is 10.1. The van der Waals surface area contributed by atoms with Crippen molar-refractivity contribution in [3.63, 3.8) is 0 Å². The SMILES string of the molecule is COc1csc(C(=O)N[C@H](Cc2ccccc2)C(=O)O)c1. The van der Waals surface area contributed by atoms with Crippen molar-refractivity contribution in [3.05, 3.63) is 52.2 Å². The number of aliphatic carboxylic acids is 1. The van der Waals surface area contributed by atoms with Crippen LogP contribution in [0.2, 0.25) is 0 Å². The van der Waals surface area contributed by atoms with Crippen molar-refractivity contribution in [2.75, 3.05) is 7.11 Å². The molecule has 110 valence electrons. The van der Waals surface area contributed by atoms with Gasteiger partial charge in [0.2, 0.25) is 0 Å². The number of amides is 1. The Bertz CT molecular complexity index is 624. The van der Waals surface area contributed by atoms with E-state index < -0.39 is 17.9 Å². The highest BCUT2D eigenvalue weighted by molar-refractivity contribution is 7.12. The maximum atomic E-state index is 12.1. The van der Waals surface area contributed by atoms with Crippen LogP contribution in [0.15, 0.2) is 41.8 Å². The van der Waals surface area contributed by atoms with Gasteiger partial charge in [-0.05, 0) is 5.56 Å². The number of carbonyl (C=O) groups excluding carboxylic acids is 1. The molecule has 1 aromatic heterocycles. The van der Waals surface area contributed by atoms with Crippen molar-refractivity contribution >= 4 is 23.2 Å². The molecule has 1 heterocycles. The van der Waals surface area contributed by atoms with Crippen LogP contribution in [0.4, 0.5) is 0 Å². The molecule has 1 atom stereocenters. The summed E-state index contributed by atoms with van der Waals surface area (Å²) in [5, 5.41) is 13.5. The maximum Gasteiger partial charge on any atom is 0.326 e. The molecular formula is C15H15NO4S. The van der Waals surface area contributed by atoms with Gasteiger partial charge in [0.1, 0.15) is 11.8 Å². The second-order valence-electron chi connectivity index (χ2n) is 4.40. The zero-order valence-corrected chi connectivity index (χ0v) is 12.2. The third kappa shape index (κ3) is 4.06. The Morgan fingerprint density at radius 1 is 1.33 bits per heavy atom. The van der Waals surface area contributed by atoms with E-state index in [0.717, 1.165) is 5.56 Å². The highest BCUT2D eigenvalue weighted by Crippen LogP contribution is 2.21. The number of hydrogen-bond donors (Lipinski definition) is 2. The summed E-state index contributed by atoms with van der Waals surface area (Å²) in [6.45, 7) is 0. The number of methoxy groups -OCH3 is 1. The van der Waals surface area contributed by atoms with E-state index in [1.807, 2.05) is 30.3 Å². The van der Waals surface area contributed by atoms with Crippen LogP contribution in [0, 0.1) is 0 Å². The summed E-state index contributed by atoms with van der Waals surface area (Å²) in [5.41, 5.74) is 0.856. The van der Waals surface area contributed by atoms with Crippen LogP contribution in [-0.4, -0.2) is 30.1 Å². The molecule has 2 N–H and O–H groups in total. The Hall–Kier alpha value is -2.34. The molecule has 5 nitrogen and oxygen atoms in total. The summed E-state index contributed by atoms with van der Waals surface area (Å²) >= 11 is 1.21. The van der Waals surface area contributed by atoms with Crippen LogP contribution in [0.3, 0.4) is 0 Å². The average molecular weight is 305 g/mol. The summed E-state index contributed by atoms with van der Waals surface area (Å²) in [6.07, 6.45) is 0.240.